The lowest BCUT2D eigenvalue weighted by Crippen LogP contribution is -2.03. The maximum atomic E-state index is 9.55. The molecule has 2 aromatic carbocycles. The van der Waals surface area contributed by atoms with Gasteiger partial charge in [0.25, 0.3) is 0 Å². The summed E-state index contributed by atoms with van der Waals surface area (Å²) in [4.78, 5) is 2.21. The largest absolute Gasteiger partial charge is 0.508 e. The second-order valence-electron chi connectivity index (χ2n) is 9.85. The molecule has 0 aliphatic carbocycles. The van der Waals surface area contributed by atoms with Crippen molar-refractivity contribution < 1.29 is 14.6 Å². The van der Waals surface area contributed by atoms with Crippen molar-refractivity contribution in [3.05, 3.63) is 42.5 Å². The molecular weight excluding hydrogens is 464 g/mol. The minimum Gasteiger partial charge on any atom is -0.508 e. The standard InChI is InChI=1S/C32H50O3S/c1-3-5-7-9-11-13-15-17-25-34-31-24-23-30(36-29-21-19-28(33)20-22-29)27-32(31)35-26-18-16-14-12-10-8-6-4-2/h19-24,27,33H,3-18,25-26H2,1-2H3. The molecule has 0 spiro atoms. The summed E-state index contributed by atoms with van der Waals surface area (Å²) < 4.78 is 12.4. The Morgan fingerprint density at radius 1 is 0.528 bits per heavy atom. The zero-order valence-electron chi connectivity index (χ0n) is 22.9. The first-order valence-electron chi connectivity index (χ1n) is 14.6. The second-order valence-corrected chi connectivity index (χ2v) is 11.0. The Kier molecular flexibility index (Phi) is 17.1. The summed E-state index contributed by atoms with van der Waals surface area (Å²) in [7, 11) is 0. The Morgan fingerprint density at radius 2 is 0.972 bits per heavy atom. The topological polar surface area (TPSA) is 38.7 Å². The van der Waals surface area contributed by atoms with Gasteiger partial charge in [0.05, 0.1) is 13.2 Å². The van der Waals surface area contributed by atoms with E-state index in [1.807, 2.05) is 12.1 Å². The Balaban J connectivity index is 1.80. The van der Waals surface area contributed by atoms with Gasteiger partial charge in [-0.05, 0) is 55.3 Å². The molecule has 3 nitrogen and oxygen atoms in total. The van der Waals surface area contributed by atoms with Gasteiger partial charge in [0, 0.05) is 9.79 Å². The fourth-order valence-electron chi connectivity index (χ4n) is 4.27. The predicted molar refractivity (Wildman–Crippen MR) is 155 cm³/mol. The monoisotopic (exact) mass is 514 g/mol. The summed E-state index contributed by atoms with van der Waals surface area (Å²) in [6.07, 6.45) is 20.7. The average molecular weight is 515 g/mol. The highest BCUT2D eigenvalue weighted by Gasteiger charge is 2.09. The molecule has 2 aromatic rings. The van der Waals surface area contributed by atoms with Crippen LogP contribution >= 0.6 is 11.8 Å². The molecule has 0 heterocycles. The van der Waals surface area contributed by atoms with Crippen LogP contribution in [0.3, 0.4) is 0 Å². The molecule has 0 saturated carbocycles. The molecule has 0 aliphatic heterocycles. The van der Waals surface area contributed by atoms with Crippen LogP contribution in [-0.2, 0) is 0 Å². The van der Waals surface area contributed by atoms with Crippen molar-refractivity contribution in [1.82, 2.24) is 0 Å². The number of phenolic OH excluding ortho intramolecular Hbond substituents is 1. The van der Waals surface area contributed by atoms with Gasteiger partial charge in [-0.3, -0.25) is 0 Å². The Labute approximate surface area is 225 Å². The number of hydrogen-bond acceptors (Lipinski definition) is 4. The van der Waals surface area contributed by atoms with Gasteiger partial charge >= 0.3 is 0 Å². The summed E-state index contributed by atoms with van der Waals surface area (Å²) >= 11 is 1.67. The van der Waals surface area contributed by atoms with Crippen LogP contribution in [0.5, 0.6) is 17.2 Å². The maximum Gasteiger partial charge on any atom is 0.162 e. The smallest absolute Gasteiger partial charge is 0.162 e. The van der Waals surface area contributed by atoms with Gasteiger partial charge in [-0.1, -0.05) is 116 Å². The lowest BCUT2D eigenvalue weighted by atomic mass is 10.1. The summed E-state index contributed by atoms with van der Waals surface area (Å²) in [5.74, 6) is 1.99. The van der Waals surface area contributed by atoms with Crippen molar-refractivity contribution in [2.75, 3.05) is 13.2 Å². The van der Waals surface area contributed by atoms with Crippen molar-refractivity contribution in [2.45, 2.75) is 126 Å². The molecule has 0 bridgehead atoms. The molecule has 0 radical (unpaired) electrons. The summed E-state index contributed by atoms with van der Waals surface area (Å²) in [5.41, 5.74) is 0. The minimum atomic E-state index is 0.290. The van der Waals surface area contributed by atoms with Crippen LogP contribution in [-0.4, -0.2) is 18.3 Å². The third-order valence-electron chi connectivity index (χ3n) is 6.50. The molecule has 0 aliphatic rings. The van der Waals surface area contributed by atoms with Crippen LogP contribution in [0.2, 0.25) is 0 Å². The number of ether oxygens (including phenoxy) is 2. The van der Waals surface area contributed by atoms with E-state index in [0.29, 0.717) is 5.75 Å². The molecular formula is C32H50O3S. The van der Waals surface area contributed by atoms with Crippen molar-refractivity contribution in [2.24, 2.45) is 0 Å². The molecule has 0 amide bonds. The van der Waals surface area contributed by atoms with Gasteiger partial charge in [-0.25, -0.2) is 0 Å². The van der Waals surface area contributed by atoms with Gasteiger partial charge in [-0.2, -0.15) is 0 Å². The fraction of sp³-hybridized carbons (Fsp3) is 0.625. The third kappa shape index (κ3) is 14.1. The average Bonchev–Trinajstić information content (AvgIpc) is 2.89. The molecule has 0 unspecified atom stereocenters. The van der Waals surface area contributed by atoms with Crippen molar-refractivity contribution in [3.8, 4) is 17.2 Å². The molecule has 0 aromatic heterocycles. The van der Waals surface area contributed by atoms with Crippen LogP contribution < -0.4 is 9.47 Å². The predicted octanol–water partition coefficient (Wildman–Crippen LogP) is 10.6. The lowest BCUT2D eigenvalue weighted by Gasteiger charge is -2.14. The molecule has 2 rings (SSSR count). The van der Waals surface area contributed by atoms with E-state index in [9.17, 15) is 5.11 Å². The van der Waals surface area contributed by atoms with Crippen molar-refractivity contribution >= 4 is 11.8 Å². The van der Waals surface area contributed by atoms with Crippen LogP contribution in [0, 0.1) is 0 Å². The number of benzene rings is 2. The van der Waals surface area contributed by atoms with E-state index in [1.54, 1.807) is 23.9 Å². The van der Waals surface area contributed by atoms with E-state index in [1.165, 1.54) is 89.9 Å². The Morgan fingerprint density at radius 3 is 1.50 bits per heavy atom. The first-order valence-corrected chi connectivity index (χ1v) is 15.4. The molecule has 1 N–H and O–H groups in total. The van der Waals surface area contributed by atoms with Crippen molar-refractivity contribution in [1.29, 1.82) is 0 Å². The molecule has 202 valence electrons. The number of hydrogen-bond donors (Lipinski definition) is 1. The molecule has 0 atom stereocenters. The third-order valence-corrected chi connectivity index (χ3v) is 7.50. The van der Waals surface area contributed by atoms with Gasteiger partial charge < -0.3 is 14.6 Å². The summed E-state index contributed by atoms with van der Waals surface area (Å²) in [6, 6.07) is 13.6. The molecule has 0 saturated heterocycles. The lowest BCUT2D eigenvalue weighted by molar-refractivity contribution is 0.257. The first kappa shape index (κ1) is 30.4. The SMILES string of the molecule is CCCCCCCCCCOc1ccc(Sc2ccc(O)cc2)cc1OCCCCCCCCCC. The van der Waals surface area contributed by atoms with E-state index in [0.717, 1.165) is 47.3 Å². The van der Waals surface area contributed by atoms with Gasteiger partial charge in [0.15, 0.2) is 11.5 Å². The number of unbranched alkanes of at least 4 members (excludes halogenated alkanes) is 14. The molecule has 0 fully saturated rings. The van der Waals surface area contributed by atoms with E-state index in [4.69, 9.17) is 9.47 Å². The van der Waals surface area contributed by atoms with Crippen LogP contribution in [0.15, 0.2) is 52.3 Å². The Bertz CT molecular complexity index is 790. The van der Waals surface area contributed by atoms with E-state index >= 15 is 0 Å². The normalized spacial score (nSPS) is 11.1. The highest BCUT2D eigenvalue weighted by atomic mass is 32.2. The van der Waals surface area contributed by atoms with Gasteiger partial charge in [0.1, 0.15) is 5.75 Å². The molecule has 36 heavy (non-hydrogen) atoms. The van der Waals surface area contributed by atoms with Gasteiger partial charge in [0.2, 0.25) is 0 Å². The first-order chi connectivity index (χ1) is 17.7. The zero-order valence-corrected chi connectivity index (χ0v) is 23.8. The van der Waals surface area contributed by atoms with Crippen LogP contribution in [0.4, 0.5) is 0 Å². The number of phenols is 1. The summed E-state index contributed by atoms with van der Waals surface area (Å²) in [6.45, 7) is 6.01. The van der Waals surface area contributed by atoms with E-state index < -0.39 is 0 Å². The maximum absolute atomic E-state index is 9.55. The van der Waals surface area contributed by atoms with Gasteiger partial charge in [-0.15, -0.1) is 0 Å². The van der Waals surface area contributed by atoms with E-state index in [2.05, 4.69) is 32.0 Å². The highest BCUT2D eigenvalue weighted by molar-refractivity contribution is 7.99. The summed E-state index contributed by atoms with van der Waals surface area (Å²) in [5, 5.41) is 9.55. The molecule has 4 heteroatoms. The van der Waals surface area contributed by atoms with Crippen LogP contribution in [0.1, 0.15) is 117 Å². The number of rotatable bonds is 22. The highest BCUT2D eigenvalue weighted by Crippen LogP contribution is 2.36. The Hall–Kier alpha value is -1.81. The quantitative estimate of drug-likeness (QED) is 0.159. The number of aromatic hydroxyl groups is 1. The van der Waals surface area contributed by atoms with Crippen molar-refractivity contribution in [3.63, 3.8) is 0 Å². The second kappa shape index (κ2) is 20.3. The fourth-order valence-corrected chi connectivity index (χ4v) is 5.12. The minimum absolute atomic E-state index is 0.290. The zero-order chi connectivity index (χ0) is 25.7. The van der Waals surface area contributed by atoms with Crippen LogP contribution in [0.25, 0.3) is 0 Å². The van der Waals surface area contributed by atoms with E-state index in [-0.39, 0.29) is 0 Å².